The number of likely N-dealkylation sites (tertiary alicyclic amines) is 1. The van der Waals surface area contributed by atoms with Crippen molar-refractivity contribution in [2.45, 2.75) is 39.2 Å². The van der Waals surface area contributed by atoms with Crippen molar-refractivity contribution in [2.24, 2.45) is 5.41 Å². The topological polar surface area (TPSA) is 62.4 Å². The second kappa shape index (κ2) is 7.21. The van der Waals surface area contributed by atoms with Crippen LogP contribution in [0.1, 0.15) is 50.0 Å². The summed E-state index contributed by atoms with van der Waals surface area (Å²) in [6.45, 7) is 6.27. The molecule has 2 unspecified atom stereocenters. The second-order valence-electron chi connectivity index (χ2n) is 7.07. The van der Waals surface area contributed by atoms with Crippen LogP contribution in [0.25, 0.3) is 0 Å². The number of piperidine rings is 1. The zero-order valence-corrected chi connectivity index (χ0v) is 15.0. The normalized spacial score (nSPS) is 23.3. The van der Waals surface area contributed by atoms with Crippen molar-refractivity contribution in [1.82, 2.24) is 15.0 Å². The molecular weight excluding hydrogens is 326 g/mol. The van der Waals surface area contributed by atoms with Crippen molar-refractivity contribution in [3.63, 3.8) is 0 Å². The summed E-state index contributed by atoms with van der Waals surface area (Å²) in [7, 11) is 0. The summed E-state index contributed by atoms with van der Waals surface area (Å²) in [6, 6.07) is 7.73. The lowest BCUT2D eigenvalue weighted by molar-refractivity contribution is 0.0211. The zero-order valence-electron chi connectivity index (χ0n) is 14.2. The lowest BCUT2D eigenvalue weighted by Crippen LogP contribution is -2.44. The molecule has 1 aliphatic heterocycles. The fraction of sp³-hybridized carbons (Fsp3) is 0.556. The Balaban J connectivity index is 1.67. The van der Waals surface area contributed by atoms with Gasteiger partial charge < -0.3 is 9.63 Å². The van der Waals surface area contributed by atoms with Crippen LogP contribution in [-0.2, 0) is 6.42 Å². The minimum absolute atomic E-state index is 0.0430. The standard InChI is InChI=1S/C18H24ClN3O2/c1-13(22-9-3-8-18(2,11-22)12-23)17-20-16(21-24-17)10-14-4-6-15(19)7-5-14/h4-7,13,23H,3,8-12H2,1-2H3. The van der Waals surface area contributed by atoms with Gasteiger partial charge in [-0.15, -0.1) is 0 Å². The highest BCUT2D eigenvalue weighted by atomic mass is 35.5. The minimum atomic E-state index is -0.0430. The van der Waals surface area contributed by atoms with Crippen molar-refractivity contribution in [3.8, 4) is 0 Å². The Morgan fingerprint density at radius 3 is 2.83 bits per heavy atom. The van der Waals surface area contributed by atoms with E-state index in [0.29, 0.717) is 18.1 Å². The van der Waals surface area contributed by atoms with Crippen molar-refractivity contribution >= 4 is 11.6 Å². The van der Waals surface area contributed by atoms with Crippen LogP contribution in [0.2, 0.25) is 5.02 Å². The third-order valence-electron chi connectivity index (χ3n) is 4.86. The van der Waals surface area contributed by atoms with Gasteiger partial charge in [0.2, 0.25) is 5.89 Å². The molecule has 2 atom stereocenters. The average molecular weight is 350 g/mol. The average Bonchev–Trinajstić information content (AvgIpc) is 3.05. The first-order chi connectivity index (χ1) is 11.5. The van der Waals surface area contributed by atoms with Crippen molar-refractivity contribution in [1.29, 1.82) is 0 Å². The van der Waals surface area contributed by atoms with Crippen LogP contribution in [0.15, 0.2) is 28.8 Å². The fourth-order valence-electron chi connectivity index (χ4n) is 3.27. The maximum atomic E-state index is 9.62. The quantitative estimate of drug-likeness (QED) is 0.895. The van der Waals surface area contributed by atoms with Gasteiger partial charge in [0.1, 0.15) is 0 Å². The number of aromatic nitrogens is 2. The van der Waals surface area contributed by atoms with E-state index in [1.54, 1.807) is 0 Å². The van der Waals surface area contributed by atoms with Gasteiger partial charge in [0.05, 0.1) is 6.04 Å². The van der Waals surface area contributed by atoms with Gasteiger partial charge in [-0.05, 0) is 44.0 Å². The molecule has 6 heteroatoms. The molecule has 0 amide bonds. The Hall–Kier alpha value is -1.43. The van der Waals surface area contributed by atoms with Gasteiger partial charge in [-0.25, -0.2) is 0 Å². The van der Waals surface area contributed by atoms with Crippen LogP contribution in [0.3, 0.4) is 0 Å². The first-order valence-electron chi connectivity index (χ1n) is 8.41. The van der Waals surface area contributed by atoms with Gasteiger partial charge in [0.25, 0.3) is 0 Å². The first-order valence-corrected chi connectivity index (χ1v) is 8.79. The second-order valence-corrected chi connectivity index (χ2v) is 7.51. The Bertz CT molecular complexity index is 673. The molecule has 24 heavy (non-hydrogen) atoms. The summed E-state index contributed by atoms with van der Waals surface area (Å²) >= 11 is 5.91. The molecule has 130 valence electrons. The van der Waals surface area contributed by atoms with E-state index in [-0.39, 0.29) is 18.1 Å². The number of aliphatic hydroxyl groups is 1. The van der Waals surface area contributed by atoms with Crippen LogP contribution in [0.4, 0.5) is 0 Å². The van der Waals surface area contributed by atoms with E-state index in [9.17, 15) is 5.11 Å². The molecule has 0 saturated carbocycles. The largest absolute Gasteiger partial charge is 0.396 e. The first kappa shape index (κ1) is 17.4. The summed E-state index contributed by atoms with van der Waals surface area (Å²) in [5, 5.41) is 14.5. The predicted octanol–water partition coefficient (Wildman–Crippen LogP) is 3.47. The molecule has 5 nitrogen and oxygen atoms in total. The summed E-state index contributed by atoms with van der Waals surface area (Å²) < 4.78 is 5.49. The molecule has 1 aromatic carbocycles. The molecule has 1 saturated heterocycles. The summed E-state index contributed by atoms with van der Waals surface area (Å²) in [5.41, 5.74) is 1.06. The van der Waals surface area contributed by atoms with Gasteiger partial charge in [-0.1, -0.05) is 35.8 Å². The van der Waals surface area contributed by atoms with E-state index >= 15 is 0 Å². The zero-order chi connectivity index (χ0) is 17.2. The third kappa shape index (κ3) is 3.97. The Kier molecular flexibility index (Phi) is 5.23. The number of nitrogens with zero attached hydrogens (tertiary/aromatic N) is 3. The molecule has 0 spiro atoms. The number of hydrogen-bond acceptors (Lipinski definition) is 5. The van der Waals surface area contributed by atoms with E-state index < -0.39 is 0 Å². The van der Waals surface area contributed by atoms with E-state index in [2.05, 4.69) is 28.9 Å². The lowest BCUT2D eigenvalue weighted by atomic mass is 9.82. The summed E-state index contributed by atoms with van der Waals surface area (Å²) in [6.07, 6.45) is 2.76. The molecule has 3 rings (SSSR count). The SMILES string of the molecule is CC(c1nc(Cc2ccc(Cl)cc2)no1)N1CCCC(C)(CO)C1. The maximum absolute atomic E-state index is 9.62. The predicted molar refractivity (Wildman–Crippen MR) is 93.0 cm³/mol. The molecule has 0 radical (unpaired) electrons. The molecule has 0 aliphatic carbocycles. The molecule has 1 N–H and O–H groups in total. The lowest BCUT2D eigenvalue weighted by Gasteiger charge is -2.41. The van der Waals surface area contributed by atoms with Crippen molar-refractivity contribution < 1.29 is 9.63 Å². The Morgan fingerprint density at radius 2 is 2.12 bits per heavy atom. The van der Waals surface area contributed by atoms with Gasteiger partial charge in [-0.3, -0.25) is 4.90 Å². The molecule has 2 heterocycles. The van der Waals surface area contributed by atoms with Crippen molar-refractivity contribution in [3.05, 3.63) is 46.6 Å². The van der Waals surface area contributed by atoms with Gasteiger partial charge in [-0.2, -0.15) is 4.98 Å². The monoisotopic (exact) mass is 349 g/mol. The molecule has 1 aromatic heterocycles. The highest BCUT2D eigenvalue weighted by Crippen LogP contribution is 2.33. The Labute approximate surface area is 147 Å². The smallest absolute Gasteiger partial charge is 0.243 e. The molecule has 2 aromatic rings. The van der Waals surface area contributed by atoms with Gasteiger partial charge in [0.15, 0.2) is 5.82 Å². The van der Waals surface area contributed by atoms with Crippen LogP contribution in [0.5, 0.6) is 0 Å². The summed E-state index contributed by atoms with van der Waals surface area (Å²) in [5.74, 6) is 1.32. The highest BCUT2D eigenvalue weighted by molar-refractivity contribution is 6.30. The van der Waals surface area contributed by atoms with E-state index in [1.807, 2.05) is 24.3 Å². The van der Waals surface area contributed by atoms with E-state index in [1.165, 1.54) is 0 Å². The number of halogens is 1. The molecule has 0 bridgehead atoms. The fourth-order valence-corrected chi connectivity index (χ4v) is 3.39. The number of aliphatic hydroxyl groups excluding tert-OH is 1. The number of rotatable bonds is 5. The maximum Gasteiger partial charge on any atom is 0.243 e. The molecule has 1 aliphatic rings. The van der Waals surface area contributed by atoms with E-state index in [0.717, 1.165) is 36.5 Å². The minimum Gasteiger partial charge on any atom is -0.396 e. The highest BCUT2D eigenvalue weighted by Gasteiger charge is 2.34. The van der Waals surface area contributed by atoms with Gasteiger partial charge in [0, 0.05) is 30.0 Å². The number of hydrogen-bond donors (Lipinski definition) is 1. The van der Waals surface area contributed by atoms with Gasteiger partial charge >= 0.3 is 0 Å². The summed E-state index contributed by atoms with van der Waals surface area (Å²) in [4.78, 5) is 6.88. The third-order valence-corrected chi connectivity index (χ3v) is 5.11. The van der Waals surface area contributed by atoms with Crippen LogP contribution < -0.4 is 0 Å². The van der Waals surface area contributed by atoms with Crippen LogP contribution >= 0.6 is 11.6 Å². The number of benzene rings is 1. The van der Waals surface area contributed by atoms with Crippen molar-refractivity contribution in [2.75, 3.05) is 19.7 Å². The molecular formula is C18H24ClN3O2. The molecule has 1 fully saturated rings. The van der Waals surface area contributed by atoms with Crippen LogP contribution in [0, 0.1) is 5.41 Å². The van der Waals surface area contributed by atoms with E-state index in [4.69, 9.17) is 16.1 Å². The Morgan fingerprint density at radius 1 is 1.38 bits per heavy atom. The van der Waals surface area contributed by atoms with Crippen LogP contribution in [-0.4, -0.2) is 39.8 Å².